The standard InChI is InChI=1S/C50H54FN3O6S/c1-33(45(56)32-59-34(2)55)53-47(57)43-29-41(28-25-36(43)24-21-35-22-26-40(51)27-23-35)54-46(48(58)60-49(3,4)5)44-30-42(31-52-44)61-50(37-15-9-6-10-16-37,38-17-11-7-12-18-38)39-19-13-8-14-20-39/h6-20,22-23,25-29,33,42,44,46,52,54H,21,24,30-32H2,1-5H3,(H,53,57)/t33-,42?,44?,46?/m0/s1. The first kappa shape index (κ1) is 44.8. The fourth-order valence-electron chi connectivity index (χ4n) is 7.60. The van der Waals surface area contributed by atoms with Gasteiger partial charge in [0.15, 0.2) is 12.4 Å². The van der Waals surface area contributed by atoms with Gasteiger partial charge in [0.05, 0.1) is 10.8 Å². The molecule has 1 heterocycles. The molecule has 11 heteroatoms. The van der Waals surface area contributed by atoms with Crippen LogP contribution in [-0.4, -0.2) is 65.8 Å². The highest BCUT2D eigenvalue weighted by Crippen LogP contribution is 2.51. The summed E-state index contributed by atoms with van der Waals surface area (Å²) in [6, 6.07) is 40.9. The second kappa shape index (κ2) is 20.2. The number of carbonyl (C=O) groups is 4. The zero-order valence-electron chi connectivity index (χ0n) is 35.3. The fourth-order valence-corrected chi connectivity index (χ4v) is 9.40. The Morgan fingerprint density at radius 3 is 1.92 bits per heavy atom. The van der Waals surface area contributed by atoms with Crippen LogP contribution in [0.25, 0.3) is 0 Å². The number of aryl methyl sites for hydroxylation is 2. The number of rotatable bonds is 17. The van der Waals surface area contributed by atoms with Crippen molar-refractivity contribution in [2.75, 3.05) is 18.5 Å². The predicted molar refractivity (Wildman–Crippen MR) is 239 cm³/mol. The van der Waals surface area contributed by atoms with Gasteiger partial charge in [-0.25, -0.2) is 9.18 Å². The van der Waals surface area contributed by atoms with Crippen molar-refractivity contribution in [1.82, 2.24) is 10.6 Å². The summed E-state index contributed by atoms with van der Waals surface area (Å²) in [4.78, 5) is 52.2. The lowest BCUT2D eigenvalue weighted by Crippen LogP contribution is -2.48. The van der Waals surface area contributed by atoms with Crippen LogP contribution in [-0.2, 0) is 41.4 Å². The summed E-state index contributed by atoms with van der Waals surface area (Å²) >= 11 is 1.87. The first-order valence-electron chi connectivity index (χ1n) is 20.6. The Morgan fingerprint density at radius 1 is 0.803 bits per heavy atom. The van der Waals surface area contributed by atoms with E-state index < -0.39 is 52.7 Å². The quantitative estimate of drug-likeness (QED) is 0.0626. The monoisotopic (exact) mass is 843 g/mol. The molecular formula is C50H54FN3O6S. The minimum absolute atomic E-state index is 0.0681. The third-order valence-corrected chi connectivity index (χ3v) is 12.3. The molecule has 1 fully saturated rings. The number of hydrogen-bond acceptors (Lipinski definition) is 9. The van der Waals surface area contributed by atoms with Gasteiger partial charge in [-0.05, 0) is 99.0 Å². The molecule has 1 amide bonds. The predicted octanol–water partition coefficient (Wildman–Crippen LogP) is 8.44. The van der Waals surface area contributed by atoms with Gasteiger partial charge < -0.3 is 25.4 Å². The normalized spacial score (nSPS) is 16.2. The Balaban J connectivity index is 1.30. The first-order chi connectivity index (χ1) is 29.2. The van der Waals surface area contributed by atoms with Gasteiger partial charge in [-0.3, -0.25) is 14.4 Å². The molecule has 3 N–H and O–H groups in total. The molecule has 0 aliphatic carbocycles. The van der Waals surface area contributed by atoms with E-state index in [1.54, 1.807) is 18.2 Å². The van der Waals surface area contributed by atoms with E-state index in [1.807, 2.05) is 62.9 Å². The number of Topliss-reactive ketones (excluding diaryl/α,β-unsaturated/α-hetero) is 1. The molecule has 0 aromatic heterocycles. The number of amides is 1. The van der Waals surface area contributed by atoms with E-state index in [9.17, 15) is 23.6 Å². The molecule has 5 aromatic carbocycles. The van der Waals surface area contributed by atoms with Crippen LogP contribution in [0.1, 0.15) is 79.2 Å². The number of hydrogen-bond donors (Lipinski definition) is 3. The Bertz CT molecular complexity index is 2170. The molecule has 1 aliphatic heterocycles. The number of thioether (sulfide) groups is 1. The van der Waals surface area contributed by atoms with Crippen LogP contribution >= 0.6 is 11.8 Å². The van der Waals surface area contributed by atoms with Crippen LogP contribution in [0.15, 0.2) is 133 Å². The summed E-state index contributed by atoms with van der Waals surface area (Å²) < 4.78 is 24.0. The van der Waals surface area contributed by atoms with Gasteiger partial charge in [0.2, 0.25) is 0 Å². The van der Waals surface area contributed by atoms with Gasteiger partial charge in [0.25, 0.3) is 5.91 Å². The van der Waals surface area contributed by atoms with E-state index in [1.165, 1.54) is 26.0 Å². The van der Waals surface area contributed by atoms with E-state index >= 15 is 0 Å². The van der Waals surface area contributed by atoms with Crippen LogP contribution in [0.2, 0.25) is 0 Å². The highest BCUT2D eigenvalue weighted by Gasteiger charge is 2.44. The summed E-state index contributed by atoms with van der Waals surface area (Å²) in [5.41, 5.74) is 5.07. The van der Waals surface area contributed by atoms with E-state index in [4.69, 9.17) is 9.47 Å². The lowest BCUT2D eigenvalue weighted by molar-refractivity contribution is -0.156. The van der Waals surface area contributed by atoms with Crippen LogP contribution in [0, 0.1) is 5.82 Å². The molecular weight excluding hydrogens is 790 g/mol. The SMILES string of the molecule is CC(=O)OCC(=O)[C@H](C)NC(=O)c1cc(NC(C(=O)OC(C)(C)C)C2CC(SC(c3ccccc3)(c3ccccc3)c3ccccc3)CN2)ccc1CCc1ccc(F)cc1. The van der Waals surface area contributed by atoms with Crippen molar-refractivity contribution in [1.29, 1.82) is 0 Å². The second-order valence-electron chi connectivity index (χ2n) is 16.4. The molecule has 0 radical (unpaired) electrons. The van der Waals surface area contributed by atoms with Crippen molar-refractivity contribution in [2.24, 2.45) is 0 Å². The number of anilines is 1. The maximum atomic E-state index is 14.2. The van der Waals surface area contributed by atoms with Crippen molar-refractivity contribution in [3.05, 3.63) is 173 Å². The van der Waals surface area contributed by atoms with Crippen molar-refractivity contribution in [3.63, 3.8) is 0 Å². The molecule has 4 atom stereocenters. The number of ketones is 1. The van der Waals surface area contributed by atoms with Crippen molar-refractivity contribution in [2.45, 2.75) is 87.6 Å². The first-order valence-corrected chi connectivity index (χ1v) is 21.5. The van der Waals surface area contributed by atoms with E-state index in [0.29, 0.717) is 42.6 Å². The molecule has 1 aliphatic rings. The smallest absolute Gasteiger partial charge is 0.330 e. The molecule has 6 rings (SSSR count). The maximum absolute atomic E-state index is 14.2. The number of esters is 2. The number of benzene rings is 5. The fraction of sp³-hybridized carbons (Fsp3) is 0.320. The van der Waals surface area contributed by atoms with Crippen LogP contribution in [0.3, 0.4) is 0 Å². The zero-order valence-corrected chi connectivity index (χ0v) is 36.1. The number of carbonyl (C=O) groups excluding carboxylic acids is 4. The molecule has 3 unspecified atom stereocenters. The third-order valence-electron chi connectivity index (χ3n) is 10.6. The van der Waals surface area contributed by atoms with Gasteiger partial charge in [0, 0.05) is 36.0 Å². The molecule has 0 saturated carbocycles. The summed E-state index contributed by atoms with van der Waals surface area (Å²) in [7, 11) is 0. The molecule has 61 heavy (non-hydrogen) atoms. The molecule has 1 saturated heterocycles. The maximum Gasteiger partial charge on any atom is 0.330 e. The number of ether oxygens (including phenoxy) is 2. The summed E-state index contributed by atoms with van der Waals surface area (Å²) in [5, 5.41) is 9.92. The van der Waals surface area contributed by atoms with E-state index in [2.05, 4.69) is 88.7 Å². The minimum Gasteiger partial charge on any atom is -0.458 e. The van der Waals surface area contributed by atoms with Gasteiger partial charge in [0.1, 0.15) is 17.5 Å². The second-order valence-corrected chi connectivity index (χ2v) is 17.9. The largest absolute Gasteiger partial charge is 0.458 e. The summed E-state index contributed by atoms with van der Waals surface area (Å²) in [5.74, 6) is -2.35. The van der Waals surface area contributed by atoms with Crippen molar-refractivity contribution >= 4 is 41.1 Å². The third kappa shape index (κ3) is 11.7. The highest BCUT2D eigenvalue weighted by atomic mass is 32.2. The van der Waals surface area contributed by atoms with Gasteiger partial charge >= 0.3 is 11.9 Å². The zero-order chi connectivity index (χ0) is 43.6. The van der Waals surface area contributed by atoms with Gasteiger partial charge in [-0.15, -0.1) is 11.8 Å². The number of halogens is 1. The Kier molecular flexibility index (Phi) is 14.8. The van der Waals surface area contributed by atoms with E-state index in [0.717, 1.165) is 22.3 Å². The summed E-state index contributed by atoms with van der Waals surface area (Å²) in [6.07, 6.45) is 1.59. The average molecular weight is 844 g/mol. The molecule has 0 spiro atoms. The van der Waals surface area contributed by atoms with Crippen molar-refractivity contribution < 1.29 is 33.0 Å². The minimum atomic E-state index is -0.949. The molecule has 9 nitrogen and oxygen atoms in total. The molecule has 5 aromatic rings. The lowest BCUT2D eigenvalue weighted by atomic mass is 9.84. The van der Waals surface area contributed by atoms with E-state index in [-0.39, 0.29) is 17.1 Å². The molecule has 0 bridgehead atoms. The Labute approximate surface area is 362 Å². The van der Waals surface area contributed by atoms with Gasteiger partial charge in [-0.2, -0.15) is 0 Å². The molecule has 318 valence electrons. The van der Waals surface area contributed by atoms with Crippen LogP contribution in [0.4, 0.5) is 10.1 Å². The van der Waals surface area contributed by atoms with Crippen LogP contribution < -0.4 is 16.0 Å². The Hall–Kier alpha value is -5.78. The van der Waals surface area contributed by atoms with Gasteiger partial charge in [-0.1, -0.05) is 109 Å². The highest BCUT2D eigenvalue weighted by molar-refractivity contribution is 8.01. The van der Waals surface area contributed by atoms with Crippen molar-refractivity contribution in [3.8, 4) is 0 Å². The van der Waals surface area contributed by atoms with Crippen LogP contribution in [0.5, 0.6) is 0 Å². The lowest BCUT2D eigenvalue weighted by Gasteiger charge is -2.37. The number of nitrogens with one attached hydrogen (secondary N) is 3. The average Bonchev–Trinajstić information content (AvgIpc) is 3.72. The topological polar surface area (TPSA) is 123 Å². The summed E-state index contributed by atoms with van der Waals surface area (Å²) in [6.45, 7) is 8.39. The Morgan fingerprint density at radius 2 is 1.38 bits per heavy atom.